The van der Waals surface area contributed by atoms with Crippen LogP contribution in [0.2, 0.25) is 0 Å². The fourth-order valence-electron chi connectivity index (χ4n) is 2.21. The lowest BCUT2D eigenvalue weighted by Gasteiger charge is -2.10. The first-order valence-corrected chi connectivity index (χ1v) is 7.96. The molecule has 0 saturated heterocycles. The molecule has 0 fully saturated rings. The lowest BCUT2D eigenvalue weighted by Crippen LogP contribution is -2.22. The average molecular weight is 389 g/mol. The van der Waals surface area contributed by atoms with Crippen LogP contribution in [0.4, 0.5) is 0 Å². The highest BCUT2D eigenvalue weighted by atomic mass is 79.9. The van der Waals surface area contributed by atoms with Gasteiger partial charge in [0.2, 0.25) is 5.78 Å². The van der Waals surface area contributed by atoms with Crippen molar-refractivity contribution in [1.82, 2.24) is 0 Å². The van der Waals surface area contributed by atoms with Crippen molar-refractivity contribution < 1.29 is 24.2 Å². The molecule has 1 aliphatic heterocycles. The quantitative estimate of drug-likeness (QED) is 0.803. The van der Waals surface area contributed by atoms with Crippen LogP contribution in [0.15, 0.2) is 52.7 Å². The number of ether oxygens (including phenoxy) is 2. The zero-order valence-corrected chi connectivity index (χ0v) is 14.2. The number of hydrogen-bond donors (Lipinski definition) is 1. The van der Waals surface area contributed by atoms with Crippen molar-refractivity contribution in [2.24, 2.45) is 0 Å². The molecule has 0 saturated carbocycles. The van der Waals surface area contributed by atoms with Gasteiger partial charge in [-0.25, -0.2) is 4.79 Å². The van der Waals surface area contributed by atoms with Crippen molar-refractivity contribution >= 4 is 33.8 Å². The van der Waals surface area contributed by atoms with Gasteiger partial charge in [-0.05, 0) is 42.8 Å². The van der Waals surface area contributed by atoms with Gasteiger partial charge in [0.05, 0.1) is 5.56 Å². The van der Waals surface area contributed by atoms with E-state index < -0.39 is 12.1 Å². The Kier molecular flexibility index (Phi) is 4.40. The van der Waals surface area contributed by atoms with Crippen molar-refractivity contribution in [2.75, 3.05) is 0 Å². The summed E-state index contributed by atoms with van der Waals surface area (Å²) >= 11 is 3.36. The summed E-state index contributed by atoms with van der Waals surface area (Å²) in [6.45, 7) is 1.43. The van der Waals surface area contributed by atoms with Gasteiger partial charge in [0.1, 0.15) is 11.5 Å². The van der Waals surface area contributed by atoms with Gasteiger partial charge in [-0.2, -0.15) is 0 Å². The Morgan fingerprint density at radius 3 is 2.62 bits per heavy atom. The number of ketones is 1. The summed E-state index contributed by atoms with van der Waals surface area (Å²) in [6.07, 6.45) is 0.674. The van der Waals surface area contributed by atoms with Crippen LogP contribution in [0.3, 0.4) is 0 Å². The molecule has 1 N–H and O–H groups in total. The monoisotopic (exact) mass is 388 g/mol. The molecule has 1 atom stereocenters. The summed E-state index contributed by atoms with van der Waals surface area (Å²) in [4.78, 5) is 23.2. The summed E-state index contributed by atoms with van der Waals surface area (Å²) in [5, 5.41) is 8.88. The van der Waals surface area contributed by atoms with Crippen molar-refractivity contribution in [3.05, 3.63) is 63.8 Å². The zero-order valence-electron chi connectivity index (χ0n) is 12.7. The maximum atomic E-state index is 12.4. The van der Waals surface area contributed by atoms with Gasteiger partial charge in [-0.15, -0.1) is 0 Å². The molecule has 24 heavy (non-hydrogen) atoms. The number of Topliss-reactive ketones (excluding diaryl/α,β-unsaturated/α-hetero) is 1. The standard InChI is InChI=1S/C18H13BrO5/c1-10(18(21)22)23-13-6-7-14-15(9-13)24-16(17(14)20)8-11-2-4-12(19)5-3-11/h2-10H,1H3,(H,21,22)/b16-8+/t10-/m0/s1. The fourth-order valence-corrected chi connectivity index (χ4v) is 2.47. The van der Waals surface area contributed by atoms with E-state index >= 15 is 0 Å². The zero-order chi connectivity index (χ0) is 17.3. The van der Waals surface area contributed by atoms with Crippen molar-refractivity contribution in [1.29, 1.82) is 0 Å². The number of halogens is 1. The van der Waals surface area contributed by atoms with Gasteiger partial charge in [0.15, 0.2) is 11.9 Å². The second-order valence-corrected chi connectivity index (χ2v) is 6.16. The maximum absolute atomic E-state index is 12.4. The Morgan fingerprint density at radius 2 is 1.96 bits per heavy atom. The molecule has 0 unspecified atom stereocenters. The predicted molar refractivity (Wildman–Crippen MR) is 91.2 cm³/mol. The molecular weight excluding hydrogens is 376 g/mol. The highest BCUT2D eigenvalue weighted by molar-refractivity contribution is 9.10. The number of fused-ring (bicyclic) bond motifs is 1. The predicted octanol–water partition coefficient (Wildman–Crippen LogP) is 3.92. The topological polar surface area (TPSA) is 72.8 Å². The average Bonchev–Trinajstić information content (AvgIpc) is 2.85. The van der Waals surface area contributed by atoms with Gasteiger partial charge >= 0.3 is 5.97 Å². The number of hydrogen-bond acceptors (Lipinski definition) is 4. The fraction of sp³-hybridized carbons (Fsp3) is 0.111. The number of allylic oxidation sites excluding steroid dienone is 1. The minimum absolute atomic E-state index is 0.217. The van der Waals surface area contributed by atoms with Crippen molar-refractivity contribution in [3.63, 3.8) is 0 Å². The van der Waals surface area contributed by atoms with Gasteiger partial charge in [-0.1, -0.05) is 28.1 Å². The number of rotatable bonds is 4. The molecule has 122 valence electrons. The van der Waals surface area contributed by atoms with Gasteiger partial charge in [0.25, 0.3) is 0 Å². The van der Waals surface area contributed by atoms with Crippen LogP contribution in [0.1, 0.15) is 22.8 Å². The Bertz CT molecular complexity index is 839. The highest BCUT2D eigenvalue weighted by Crippen LogP contribution is 2.35. The number of benzene rings is 2. The SMILES string of the molecule is C[C@H](Oc1ccc2c(c1)O/C(=C/c1ccc(Br)cc1)C2=O)C(=O)O. The normalized spacial score (nSPS) is 15.8. The lowest BCUT2D eigenvalue weighted by atomic mass is 10.1. The van der Waals surface area contributed by atoms with Crippen LogP contribution in [0.5, 0.6) is 11.5 Å². The second-order valence-electron chi connectivity index (χ2n) is 5.25. The van der Waals surface area contributed by atoms with E-state index in [0.717, 1.165) is 10.0 Å². The molecule has 2 aromatic rings. The Balaban J connectivity index is 1.84. The Morgan fingerprint density at radius 1 is 1.25 bits per heavy atom. The summed E-state index contributed by atoms with van der Waals surface area (Å²) < 4.78 is 11.8. The summed E-state index contributed by atoms with van der Waals surface area (Å²) in [6, 6.07) is 12.1. The van der Waals surface area contributed by atoms with Crippen LogP contribution in [0.25, 0.3) is 6.08 Å². The molecule has 0 aromatic heterocycles. The molecule has 0 aliphatic carbocycles. The largest absolute Gasteiger partial charge is 0.479 e. The van der Waals surface area contributed by atoms with E-state index in [4.69, 9.17) is 14.6 Å². The van der Waals surface area contributed by atoms with E-state index in [1.807, 2.05) is 24.3 Å². The first-order valence-electron chi connectivity index (χ1n) is 7.17. The second kappa shape index (κ2) is 6.49. The number of carboxylic acid groups (broad SMARTS) is 1. The van der Waals surface area contributed by atoms with Crippen LogP contribution in [-0.4, -0.2) is 23.0 Å². The van der Waals surface area contributed by atoms with E-state index in [-0.39, 0.29) is 11.5 Å². The summed E-state index contributed by atoms with van der Waals surface area (Å²) in [5.74, 6) is -0.371. The summed E-state index contributed by atoms with van der Waals surface area (Å²) in [7, 11) is 0. The third kappa shape index (κ3) is 3.33. The molecule has 6 heteroatoms. The van der Waals surface area contributed by atoms with Gasteiger partial charge < -0.3 is 14.6 Å². The minimum Gasteiger partial charge on any atom is -0.479 e. The third-order valence-corrected chi connectivity index (χ3v) is 4.00. The van der Waals surface area contributed by atoms with Gasteiger partial charge in [-0.3, -0.25) is 4.79 Å². The van der Waals surface area contributed by atoms with E-state index in [2.05, 4.69) is 15.9 Å². The first kappa shape index (κ1) is 16.3. The highest BCUT2D eigenvalue weighted by Gasteiger charge is 2.28. The number of carboxylic acids is 1. The van der Waals surface area contributed by atoms with E-state index in [9.17, 15) is 9.59 Å². The lowest BCUT2D eigenvalue weighted by molar-refractivity contribution is -0.144. The summed E-state index contributed by atoms with van der Waals surface area (Å²) in [5.41, 5.74) is 1.26. The molecule has 3 rings (SSSR count). The van der Waals surface area contributed by atoms with E-state index in [0.29, 0.717) is 17.1 Å². The molecule has 0 amide bonds. The molecule has 1 heterocycles. The molecule has 0 radical (unpaired) electrons. The molecule has 2 aromatic carbocycles. The molecule has 0 spiro atoms. The smallest absolute Gasteiger partial charge is 0.344 e. The minimum atomic E-state index is -1.07. The van der Waals surface area contributed by atoms with Crippen LogP contribution < -0.4 is 9.47 Å². The number of aliphatic carboxylic acids is 1. The third-order valence-electron chi connectivity index (χ3n) is 3.47. The van der Waals surface area contributed by atoms with Crippen LogP contribution in [0, 0.1) is 0 Å². The van der Waals surface area contributed by atoms with Crippen LogP contribution >= 0.6 is 15.9 Å². The van der Waals surface area contributed by atoms with Crippen molar-refractivity contribution in [2.45, 2.75) is 13.0 Å². The van der Waals surface area contributed by atoms with E-state index in [1.54, 1.807) is 18.2 Å². The number of carbonyl (C=O) groups excluding carboxylic acids is 1. The maximum Gasteiger partial charge on any atom is 0.344 e. The van der Waals surface area contributed by atoms with Crippen molar-refractivity contribution in [3.8, 4) is 11.5 Å². The Hall–Kier alpha value is -2.60. The van der Waals surface area contributed by atoms with Gasteiger partial charge in [0, 0.05) is 10.5 Å². The molecule has 0 bridgehead atoms. The first-order chi connectivity index (χ1) is 11.4. The molecule has 1 aliphatic rings. The number of carbonyl (C=O) groups is 2. The van der Waals surface area contributed by atoms with E-state index in [1.165, 1.54) is 13.0 Å². The van der Waals surface area contributed by atoms with Crippen LogP contribution in [-0.2, 0) is 4.79 Å². The Labute approximate surface area is 146 Å². The molecular formula is C18H13BrO5. The molecule has 5 nitrogen and oxygen atoms in total.